The lowest BCUT2D eigenvalue weighted by molar-refractivity contribution is 0.229. The van der Waals surface area contributed by atoms with Crippen LogP contribution < -0.4 is 5.32 Å². The van der Waals surface area contributed by atoms with Crippen LogP contribution in [0, 0.1) is 0 Å². The maximum absolute atomic E-state index is 3.55. The highest BCUT2D eigenvalue weighted by Crippen LogP contribution is 2.28. The zero-order valence-corrected chi connectivity index (χ0v) is 13.0. The fourth-order valence-electron chi connectivity index (χ4n) is 4.33. The van der Waals surface area contributed by atoms with Gasteiger partial charge < -0.3 is 5.32 Å². The molecule has 1 unspecified atom stereocenters. The Morgan fingerprint density at radius 2 is 2.00 bits per heavy atom. The first-order valence-corrected chi connectivity index (χ1v) is 8.71. The van der Waals surface area contributed by atoms with Gasteiger partial charge in [0.05, 0.1) is 0 Å². The molecule has 3 nitrogen and oxygen atoms in total. The Hall–Kier alpha value is -1.06. The predicted molar refractivity (Wildman–Crippen MR) is 87.7 cm³/mol. The molecule has 1 N–H and O–H groups in total. The van der Waals surface area contributed by atoms with Gasteiger partial charge in [0.1, 0.15) is 0 Å². The van der Waals surface area contributed by atoms with Crippen molar-refractivity contribution in [3.63, 3.8) is 0 Å². The smallest absolute Gasteiger partial charge is 0.0375 e. The molecule has 0 amide bonds. The Morgan fingerprint density at radius 3 is 2.90 bits per heavy atom. The second-order valence-electron chi connectivity index (χ2n) is 6.89. The Morgan fingerprint density at radius 1 is 1.10 bits per heavy atom. The van der Waals surface area contributed by atoms with Crippen LogP contribution >= 0.6 is 0 Å². The summed E-state index contributed by atoms with van der Waals surface area (Å²) in [6, 6.07) is 7.63. The summed E-state index contributed by atoms with van der Waals surface area (Å²) in [5.41, 5.74) is 4.52. The highest BCUT2D eigenvalue weighted by Gasteiger charge is 2.29. The second-order valence-corrected chi connectivity index (χ2v) is 6.89. The number of fused-ring (bicyclic) bond motifs is 1. The molecule has 0 aliphatic carbocycles. The monoisotopic (exact) mass is 285 g/mol. The normalized spacial score (nSPS) is 26.8. The number of benzene rings is 1. The van der Waals surface area contributed by atoms with Crippen molar-refractivity contribution in [2.45, 2.75) is 44.7 Å². The molecule has 0 bridgehead atoms. The van der Waals surface area contributed by atoms with E-state index in [1.807, 2.05) is 0 Å². The number of anilines is 1. The predicted octanol–water partition coefficient (Wildman–Crippen LogP) is 2.71. The highest BCUT2D eigenvalue weighted by molar-refractivity contribution is 5.56. The average molecular weight is 285 g/mol. The number of nitrogens with zero attached hydrogens (tertiary/aromatic N) is 2. The van der Waals surface area contributed by atoms with Gasteiger partial charge in [0.15, 0.2) is 0 Å². The van der Waals surface area contributed by atoms with Crippen LogP contribution in [0.4, 0.5) is 5.69 Å². The van der Waals surface area contributed by atoms with E-state index >= 15 is 0 Å². The molecule has 2 saturated heterocycles. The Kier molecular flexibility index (Phi) is 3.87. The minimum Gasteiger partial charge on any atom is -0.385 e. The van der Waals surface area contributed by atoms with E-state index < -0.39 is 0 Å². The summed E-state index contributed by atoms with van der Waals surface area (Å²) in [4.78, 5) is 5.40. The number of likely N-dealkylation sites (tertiary alicyclic amines) is 2. The molecule has 0 radical (unpaired) electrons. The van der Waals surface area contributed by atoms with Crippen LogP contribution in [-0.2, 0) is 13.0 Å². The number of hydrogen-bond donors (Lipinski definition) is 1. The summed E-state index contributed by atoms with van der Waals surface area (Å²) in [7, 11) is 0. The highest BCUT2D eigenvalue weighted by atomic mass is 15.3. The lowest BCUT2D eigenvalue weighted by atomic mass is 9.97. The van der Waals surface area contributed by atoms with Gasteiger partial charge in [-0.1, -0.05) is 12.1 Å². The molecule has 3 heteroatoms. The van der Waals surface area contributed by atoms with E-state index in [-0.39, 0.29) is 0 Å². The quantitative estimate of drug-likeness (QED) is 0.921. The van der Waals surface area contributed by atoms with Crippen molar-refractivity contribution in [2.75, 3.05) is 38.0 Å². The van der Waals surface area contributed by atoms with Gasteiger partial charge in [-0.25, -0.2) is 0 Å². The third kappa shape index (κ3) is 2.82. The minimum absolute atomic E-state index is 0.824. The van der Waals surface area contributed by atoms with E-state index in [9.17, 15) is 0 Å². The average Bonchev–Trinajstić information content (AvgIpc) is 3.18. The van der Waals surface area contributed by atoms with Gasteiger partial charge in [0, 0.05) is 37.9 Å². The van der Waals surface area contributed by atoms with Crippen LogP contribution in [0.5, 0.6) is 0 Å². The fraction of sp³-hybridized carbons (Fsp3) is 0.667. The first-order valence-electron chi connectivity index (χ1n) is 8.71. The van der Waals surface area contributed by atoms with Crippen LogP contribution in [0.15, 0.2) is 18.2 Å². The van der Waals surface area contributed by atoms with Crippen molar-refractivity contribution in [3.8, 4) is 0 Å². The van der Waals surface area contributed by atoms with Gasteiger partial charge in [-0.2, -0.15) is 0 Å². The Bertz CT molecular complexity index is 493. The zero-order valence-electron chi connectivity index (χ0n) is 13.0. The zero-order chi connectivity index (χ0) is 14.1. The van der Waals surface area contributed by atoms with Crippen LogP contribution in [0.1, 0.15) is 36.8 Å². The molecule has 4 rings (SSSR count). The lowest BCUT2D eigenvalue weighted by Gasteiger charge is -2.25. The van der Waals surface area contributed by atoms with E-state index in [1.54, 1.807) is 11.1 Å². The Labute approximate surface area is 128 Å². The molecule has 3 aliphatic rings. The molecule has 3 heterocycles. The first kappa shape index (κ1) is 13.6. The molecule has 0 aromatic heterocycles. The number of rotatable bonds is 3. The van der Waals surface area contributed by atoms with Crippen LogP contribution in [0.3, 0.4) is 0 Å². The second kappa shape index (κ2) is 5.98. The van der Waals surface area contributed by atoms with Gasteiger partial charge in [-0.3, -0.25) is 9.80 Å². The molecule has 3 aliphatic heterocycles. The van der Waals surface area contributed by atoms with Crippen LogP contribution in [0.25, 0.3) is 0 Å². The molecular formula is C18H27N3. The molecule has 1 atom stereocenters. The summed E-state index contributed by atoms with van der Waals surface area (Å²) in [5.74, 6) is 0. The van der Waals surface area contributed by atoms with Crippen LogP contribution in [0.2, 0.25) is 0 Å². The van der Waals surface area contributed by atoms with Crippen molar-refractivity contribution in [3.05, 3.63) is 29.3 Å². The molecule has 1 aromatic carbocycles. The van der Waals surface area contributed by atoms with Gasteiger partial charge >= 0.3 is 0 Å². The van der Waals surface area contributed by atoms with E-state index in [2.05, 4.69) is 33.3 Å². The van der Waals surface area contributed by atoms with E-state index in [0.29, 0.717) is 0 Å². The molecule has 1 aromatic rings. The summed E-state index contributed by atoms with van der Waals surface area (Å²) >= 11 is 0. The van der Waals surface area contributed by atoms with Gasteiger partial charge in [-0.05, 0) is 62.4 Å². The van der Waals surface area contributed by atoms with Gasteiger partial charge in [0.25, 0.3) is 0 Å². The van der Waals surface area contributed by atoms with Crippen molar-refractivity contribution in [2.24, 2.45) is 0 Å². The number of hydrogen-bond acceptors (Lipinski definition) is 3. The molecule has 0 saturated carbocycles. The molecule has 114 valence electrons. The summed E-state index contributed by atoms with van der Waals surface area (Å²) < 4.78 is 0. The summed E-state index contributed by atoms with van der Waals surface area (Å²) in [6.45, 7) is 7.51. The Balaban J connectivity index is 1.42. The SMILES string of the molecule is c1cc(CN2CCC(N3CCCC3)C2)c2c(c1)NCCC2. The maximum Gasteiger partial charge on any atom is 0.0375 e. The third-order valence-electron chi connectivity index (χ3n) is 5.49. The van der Waals surface area contributed by atoms with Gasteiger partial charge in [0.2, 0.25) is 0 Å². The number of nitrogens with one attached hydrogen (secondary N) is 1. The molecular weight excluding hydrogens is 258 g/mol. The first-order chi connectivity index (χ1) is 10.4. The van der Waals surface area contributed by atoms with Crippen LogP contribution in [-0.4, -0.2) is 48.6 Å². The van der Waals surface area contributed by atoms with Crippen molar-refractivity contribution in [1.29, 1.82) is 0 Å². The van der Waals surface area contributed by atoms with Crippen molar-refractivity contribution >= 4 is 5.69 Å². The van der Waals surface area contributed by atoms with Crippen molar-refractivity contribution < 1.29 is 0 Å². The molecule has 21 heavy (non-hydrogen) atoms. The van der Waals surface area contributed by atoms with E-state index in [0.717, 1.165) is 19.1 Å². The largest absolute Gasteiger partial charge is 0.385 e. The fourth-order valence-corrected chi connectivity index (χ4v) is 4.33. The van der Waals surface area contributed by atoms with Crippen molar-refractivity contribution in [1.82, 2.24) is 9.80 Å². The van der Waals surface area contributed by atoms with E-state index in [1.165, 1.54) is 64.0 Å². The minimum atomic E-state index is 0.824. The van der Waals surface area contributed by atoms with Gasteiger partial charge in [-0.15, -0.1) is 0 Å². The standard InChI is InChI=1S/C18H27N3/c1-2-11-21(10-1)16-8-12-20(14-16)13-15-5-3-7-18-17(15)6-4-9-19-18/h3,5,7,16,19H,1-2,4,6,8-14H2. The maximum atomic E-state index is 3.55. The molecule has 2 fully saturated rings. The molecule has 0 spiro atoms. The third-order valence-corrected chi connectivity index (χ3v) is 5.49. The van der Waals surface area contributed by atoms with E-state index in [4.69, 9.17) is 0 Å². The summed E-state index contributed by atoms with van der Waals surface area (Å²) in [6.07, 6.45) is 6.72. The summed E-state index contributed by atoms with van der Waals surface area (Å²) in [5, 5.41) is 3.55. The topological polar surface area (TPSA) is 18.5 Å². The lowest BCUT2D eigenvalue weighted by Crippen LogP contribution is -2.35.